The lowest BCUT2D eigenvalue weighted by Crippen LogP contribution is -2.21. The van der Waals surface area contributed by atoms with Crippen molar-refractivity contribution in [2.24, 2.45) is 0 Å². The molecule has 0 unspecified atom stereocenters. The standard InChI is InChI=1S/C26H18N4O5S/c1-34-18-6-4-5-16(12-18)29-24(33)20-7-2-3-8-21(20)30-25(29)27-28-26(30)36-14-15-11-23(32)35-22-13-17(31)9-10-19(15)22/h2-13,31H,14H2,1H3. The average Bonchev–Trinajstić information content (AvgIpc) is 3.31. The number of fused-ring (bicyclic) bond motifs is 4. The molecule has 3 heterocycles. The molecule has 0 saturated carbocycles. The van der Waals surface area contributed by atoms with E-state index in [2.05, 4.69) is 10.2 Å². The summed E-state index contributed by atoms with van der Waals surface area (Å²) in [6, 6.07) is 20.6. The maximum absolute atomic E-state index is 13.5. The van der Waals surface area contributed by atoms with Crippen molar-refractivity contribution in [2.45, 2.75) is 10.9 Å². The van der Waals surface area contributed by atoms with Crippen molar-refractivity contribution < 1.29 is 14.3 Å². The first-order valence-corrected chi connectivity index (χ1v) is 11.9. The summed E-state index contributed by atoms with van der Waals surface area (Å²) in [5, 5.41) is 20.3. The van der Waals surface area contributed by atoms with Crippen molar-refractivity contribution in [2.75, 3.05) is 7.11 Å². The van der Waals surface area contributed by atoms with Gasteiger partial charge in [-0.3, -0.25) is 9.20 Å². The molecule has 0 aliphatic rings. The van der Waals surface area contributed by atoms with Crippen LogP contribution in [0.3, 0.4) is 0 Å². The smallest absolute Gasteiger partial charge is 0.336 e. The van der Waals surface area contributed by atoms with E-state index in [-0.39, 0.29) is 11.3 Å². The fourth-order valence-corrected chi connectivity index (χ4v) is 5.17. The van der Waals surface area contributed by atoms with Gasteiger partial charge in [0.15, 0.2) is 5.16 Å². The Balaban J connectivity index is 1.52. The van der Waals surface area contributed by atoms with Crippen LogP contribution in [0.25, 0.3) is 33.3 Å². The number of hydrogen-bond donors (Lipinski definition) is 1. The topological polar surface area (TPSA) is 112 Å². The van der Waals surface area contributed by atoms with Crippen molar-refractivity contribution in [3.63, 3.8) is 0 Å². The monoisotopic (exact) mass is 498 g/mol. The molecule has 10 heteroatoms. The van der Waals surface area contributed by atoms with Crippen LogP contribution in [-0.4, -0.2) is 31.4 Å². The van der Waals surface area contributed by atoms with Crippen LogP contribution >= 0.6 is 11.8 Å². The van der Waals surface area contributed by atoms with E-state index >= 15 is 0 Å². The maximum atomic E-state index is 13.5. The van der Waals surface area contributed by atoms with E-state index in [0.29, 0.717) is 50.0 Å². The molecule has 0 spiro atoms. The second-order valence-electron chi connectivity index (χ2n) is 8.04. The fourth-order valence-electron chi connectivity index (χ4n) is 4.23. The molecule has 0 amide bonds. The minimum absolute atomic E-state index is 0.0147. The number of thioether (sulfide) groups is 1. The summed E-state index contributed by atoms with van der Waals surface area (Å²) in [6.45, 7) is 0. The third kappa shape index (κ3) is 3.59. The predicted molar refractivity (Wildman–Crippen MR) is 136 cm³/mol. The molecule has 0 aliphatic heterocycles. The number of aromatic nitrogens is 4. The number of methoxy groups -OCH3 is 1. The van der Waals surface area contributed by atoms with Gasteiger partial charge >= 0.3 is 5.63 Å². The molecule has 36 heavy (non-hydrogen) atoms. The Hall–Kier alpha value is -4.57. The van der Waals surface area contributed by atoms with Gasteiger partial charge in [0.05, 0.1) is 23.7 Å². The lowest BCUT2D eigenvalue weighted by Gasteiger charge is -2.12. The Morgan fingerprint density at radius 1 is 0.972 bits per heavy atom. The Morgan fingerprint density at radius 2 is 1.83 bits per heavy atom. The molecule has 3 aromatic heterocycles. The molecule has 6 rings (SSSR count). The number of nitrogens with zero attached hydrogens (tertiary/aromatic N) is 4. The molecule has 0 bridgehead atoms. The number of hydrogen-bond acceptors (Lipinski definition) is 8. The zero-order valence-corrected chi connectivity index (χ0v) is 19.7. The van der Waals surface area contributed by atoms with Crippen molar-refractivity contribution in [1.82, 2.24) is 19.2 Å². The molecule has 0 saturated heterocycles. The number of benzene rings is 3. The minimum Gasteiger partial charge on any atom is -0.508 e. The van der Waals surface area contributed by atoms with Crippen molar-refractivity contribution in [3.8, 4) is 17.2 Å². The first-order chi connectivity index (χ1) is 17.5. The summed E-state index contributed by atoms with van der Waals surface area (Å²) in [5.41, 5.74) is 1.58. The Morgan fingerprint density at radius 3 is 2.69 bits per heavy atom. The van der Waals surface area contributed by atoms with E-state index in [4.69, 9.17) is 9.15 Å². The third-order valence-electron chi connectivity index (χ3n) is 5.88. The fraction of sp³-hybridized carbons (Fsp3) is 0.0769. The van der Waals surface area contributed by atoms with Gasteiger partial charge < -0.3 is 14.3 Å². The summed E-state index contributed by atoms with van der Waals surface area (Å²) in [4.78, 5) is 25.6. The predicted octanol–water partition coefficient (Wildman–Crippen LogP) is 4.15. The molecule has 0 atom stereocenters. The summed E-state index contributed by atoms with van der Waals surface area (Å²) in [6.07, 6.45) is 0. The molecule has 178 valence electrons. The quantitative estimate of drug-likeness (QED) is 0.279. The normalized spacial score (nSPS) is 11.5. The molecule has 0 aliphatic carbocycles. The Kier molecular flexibility index (Phi) is 5.23. The highest BCUT2D eigenvalue weighted by molar-refractivity contribution is 7.98. The summed E-state index contributed by atoms with van der Waals surface area (Å²) in [7, 11) is 1.57. The van der Waals surface area contributed by atoms with Gasteiger partial charge in [-0.2, -0.15) is 0 Å². The van der Waals surface area contributed by atoms with Crippen LogP contribution in [0.1, 0.15) is 5.56 Å². The first-order valence-electron chi connectivity index (χ1n) is 11.0. The number of para-hydroxylation sites is 1. The van der Waals surface area contributed by atoms with E-state index in [1.54, 1.807) is 37.4 Å². The zero-order chi connectivity index (χ0) is 24.8. The van der Waals surface area contributed by atoms with Gasteiger partial charge in [-0.25, -0.2) is 9.36 Å². The van der Waals surface area contributed by atoms with Crippen LogP contribution in [0.2, 0.25) is 0 Å². The van der Waals surface area contributed by atoms with Gasteiger partial charge in [-0.1, -0.05) is 30.0 Å². The number of phenols is 1. The molecular formula is C26H18N4O5S. The molecule has 3 aromatic carbocycles. The van der Waals surface area contributed by atoms with Crippen LogP contribution in [0, 0.1) is 0 Å². The number of phenolic OH excluding ortho intramolecular Hbond substituents is 1. The van der Waals surface area contributed by atoms with Crippen molar-refractivity contribution in [3.05, 3.63) is 99.1 Å². The third-order valence-corrected chi connectivity index (χ3v) is 6.85. The number of ether oxygens (including phenoxy) is 1. The summed E-state index contributed by atoms with van der Waals surface area (Å²) >= 11 is 1.38. The van der Waals surface area contributed by atoms with Gasteiger partial charge in [0.2, 0.25) is 5.78 Å². The van der Waals surface area contributed by atoms with Gasteiger partial charge in [0.1, 0.15) is 17.1 Å². The molecule has 0 fully saturated rings. The van der Waals surface area contributed by atoms with Crippen LogP contribution in [0.15, 0.2) is 92.0 Å². The Labute approximate surface area is 207 Å². The maximum Gasteiger partial charge on any atom is 0.336 e. The van der Waals surface area contributed by atoms with Gasteiger partial charge in [-0.15, -0.1) is 10.2 Å². The highest BCUT2D eigenvalue weighted by Crippen LogP contribution is 2.29. The van der Waals surface area contributed by atoms with Gasteiger partial charge in [-0.05, 0) is 42.0 Å². The summed E-state index contributed by atoms with van der Waals surface area (Å²) in [5.74, 6) is 1.37. The molecular weight excluding hydrogens is 480 g/mol. The molecule has 9 nitrogen and oxygen atoms in total. The zero-order valence-electron chi connectivity index (χ0n) is 18.9. The summed E-state index contributed by atoms with van der Waals surface area (Å²) < 4.78 is 13.9. The van der Waals surface area contributed by atoms with Crippen LogP contribution in [-0.2, 0) is 5.75 Å². The molecule has 6 aromatic rings. The Bertz CT molecular complexity index is 1910. The molecule has 0 radical (unpaired) electrons. The SMILES string of the molecule is COc1cccc(-n2c(=O)c3ccccc3n3c(SCc4cc(=O)oc5cc(O)ccc45)nnc23)c1. The highest BCUT2D eigenvalue weighted by Gasteiger charge is 2.19. The number of rotatable bonds is 5. The van der Waals surface area contributed by atoms with Crippen LogP contribution < -0.4 is 15.9 Å². The van der Waals surface area contributed by atoms with Gasteiger partial charge in [0, 0.05) is 29.3 Å². The second-order valence-corrected chi connectivity index (χ2v) is 8.98. The van der Waals surface area contributed by atoms with Crippen molar-refractivity contribution in [1.29, 1.82) is 0 Å². The van der Waals surface area contributed by atoms with Crippen LogP contribution in [0.4, 0.5) is 0 Å². The number of aromatic hydroxyl groups is 1. The lowest BCUT2D eigenvalue weighted by molar-refractivity contribution is 0.414. The first kappa shape index (κ1) is 21.9. The van der Waals surface area contributed by atoms with E-state index < -0.39 is 5.63 Å². The van der Waals surface area contributed by atoms with Gasteiger partial charge in [0.25, 0.3) is 5.56 Å². The van der Waals surface area contributed by atoms with Crippen molar-refractivity contribution >= 4 is 39.4 Å². The molecule has 1 N–H and O–H groups in total. The highest BCUT2D eigenvalue weighted by atomic mass is 32.2. The van der Waals surface area contributed by atoms with E-state index in [1.165, 1.54) is 28.5 Å². The average molecular weight is 499 g/mol. The largest absolute Gasteiger partial charge is 0.508 e. The van der Waals surface area contributed by atoms with E-state index in [0.717, 1.165) is 5.56 Å². The van der Waals surface area contributed by atoms with Crippen LogP contribution in [0.5, 0.6) is 11.5 Å². The second kappa shape index (κ2) is 8.58. The van der Waals surface area contributed by atoms with E-state index in [9.17, 15) is 14.7 Å². The minimum atomic E-state index is -0.507. The lowest BCUT2D eigenvalue weighted by atomic mass is 10.1. The van der Waals surface area contributed by atoms with E-state index in [1.807, 2.05) is 34.7 Å².